The lowest BCUT2D eigenvalue weighted by atomic mass is 10.1. The first-order valence-corrected chi connectivity index (χ1v) is 5.89. The lowest BCUT2D eigenvalue weighted by Gasteiger charge is -2.07. The first kappa shape index (κ1) is 13.7. The molecule has 0 radical (unpaired) electrons. The van der Waals surface area contributed by atoms with E-state index in [1.54, 1.807) is 26.0 Å². The lowest BCUT2D eigenvalue weighted by Crippen LogP contribution is -2.22. The summed E-state index contributed by atoms with van der Waals surface area (Å²) < 4.78 is 1.49. The number of aryl methyl sites for hydroxylation is 1. The molecule has 1 aromatic carbocycles. The minimum Gasteiger partial charge on any atom is -0.545 e. The molecule has 0 fully saturated rings. The number of benzene rings is 1. The second-order valence-corrected chi connectivity index (χ2v) is 4.42. The first-order valence-electron chi connectivity index (χ1n) is 5.89. The van der Waals surface area contributed by atoms with E-state index in [4.69, 9.17) is 0 Å². The predicted molar refractivity (Wildman–Crippen MR) is 68.2 cm³/mol. The average Bonchev–Trinajstić information content (AvgIpc) is 2.64. The third-order valence-electron chi connectivity index (χ3n) is 3.02. The molecule has 0 N–H and O–H groups in total. The highest BCUT2D eigenvalue weighted by molar-refractivity contribution is 5.85. The number of carboxylic acid groups (broad SMARTS) is 1. The van der Waals surface area contributed by atoms with Crippen LogP contribution >= 0.6 is 0 Å². The summed E-state index contributed by atoms with van der Waals surface area (Å²) in [6, 6.07) is 6.23. The van der Waals surface area contributed by atoms with Crippen LogP contribution in [0.2, 0.25) is 0 Å². The Morgan fingerprint density at radius 3 is 2.65 bits per heavy atom. The number of carbonyl (C=O) groups is 1. The molecule has 0 saturated heterocycles. The van der Waals surface area contributed by atoms with Crippen LogP contribution in [-0.2, 0) is 6.54 Å². The van der Waals surface area contributed by atoms with Crippen molar-refractivity contribution in [3.8, 4) is 0 Å². The number of rotatable bonds is 4. The number of carboxylic acids is 1. The van der Waals surface area contributed by atoms with E-state index in [1.807, 2.05) is 0 Å². The smallest absolute Gasteiger partial charge is 0.312 e. The van der Waals surface area contributed by atoms with Crippen LogP contribution in [0.1, 0.15) is 27.3 Å². The normalized spacial score (nSPS) is 10.5. The maximum Gasteiger partial charge on any atom is 0.312 e. The van der Waals surface area contributed by atoms with Gasteiger partial charge in [0, 0.05) is 0 Å². The van der Waals surface area contributed by atoms with Gasteiger partial charge in [-0.05, 0) is 31.0 Å². The highest BCUT2D eigenvalue weighted by Gasteiger charge is 2.21. The topological polar surface area (TPSA) is 101 Å². The Balaban J connectivity index is 2.36. The molecular formula is C13H12N3O4-. The molecule has 0 aliphatic carbocycles. The van der Waals surface area contributed by atoms with Gasteiger partial charge < -0.3 is 9.90 Å². The Labute approximate surface area is 114 Å². The molecule has 2 rings (SSSR count). The molecule has 0 unspecified atom stereocenters. The van der Waals surface area contributed by atoms with Gasteiger partial charge in [0.15, 0.2) is 0 Å². The minimum atomic E-state index is -1.26. The molecule has 1 aromatic heterocycles. The van der Waals surface area contributed by atoms with Crippen LogP contribution in [0.4, 0.5) is 5.69 Å². The van der Waals surface area contributed by atoms with E-state index < -0.39 is 10.9 Å². The van der Waals surface area contributed by atoms with E-state index in [0.29, 0.717) is 17.0 Å². The van der Waals surface area contributed by atoms with E-state index in [2.05, 4.69) is 5.10 Å². The van der Waals surface area contributed by atoms with Gasteiger partial charge >= 0.3 is 5.69 Å². The molecule has 7 nitrogen and oxygen atoms in total. The minimum absolute atomic E-state index is 0.0129. The fraction of sp³-hybridized carbons (Fsp3) is 0.231. The maximum atomic E-state index is 10.9. The number of aromatic carboxylic acids is 1. The van der Waals surface area contributed by atoms with Crippen LogP contribution in [0, 0.1) is 24.0 Å². The molecule has 0 spiro atoms. The Morgan fingerprint density at radius 2 is 2.10 bits per heavy atom. The van der Waals surface area contributed by atoms with Crippen LogP contribution in [-0.4, -0.2) is 20.7 Å². The quantitative estimate of drug-likeness (QED) is 0.606. The van der Waals surface area contributed by atoms with Crippen molar-refractivity contribution in [1.82, 2.24) is 9.78 Å². The van der Waals surface area contributed by atoms with Gasteiger partial charge in [-0.25, -0.2) is 0 Å². The maximum absolute atomic E-state index is 10.9. The largest absolute Gasteiger partial charge is 0.545 e. The number of hydrogen-bond donors (Lipinski definition) is 0. The van der Waals surface area contributed by atoms with Crippen LogP contribution in [0.25, 0.3) is 0 Å². The third kappa shape index (κ3) is 2.51. The molecular weight excluding hydrogens is 262 g/mol. The van der Waals surface area contributed by atoms with Gasteiger partial charge in [-0.1, -0.05) is 18.2 Å². The van der Waals surface area contributed by atoms with E-state index in [0.717, 1.165) is 0 Å². The monoisotopic (exact) mass is 274 g/mol. The molecule has 1 heterocycles. The van der Waals surface area contributed by atoms with E-state index in [-0.39, 0.29) is 17.8 Å². The number of carbonyl (C=O) groups excluding carboxylic acids is 1. The molecule has 2 aromatic rings. The summed E-state index contributed by atoms with van der Waals surface area (Å²) in [5.74, 6) is -1.26. The summed E-state index contributed by atoms with van der Waals surface area (Å²) in [5.41, 5.74) is 1.52. The summed E-state index contributed by atoms with van der Waals surface area (Å²) >= 11 is 0. The fourth-order valence-electron chi connectivity index (χ4n) is 2.08. The van der Waals surface area contributed by atoms with Gasteiger partial charge in [0.25, 0.3) is 0 Å². The first-order chi connectivity index (χ1) is 9.40. The van der Waals surface area contributed by atoms with Crippen LogP contribution < -0.4 is 5.11 Å². The second-order valence-electron chi connectivity index (χ2n) is 4.42. The van der Waals surface area contributed by atoms with E-state index in [1.165, 1.54) is 16.8 Å². The number of nitro groups is 1. The van der Waals surface area contributed by atoms with Crippen molar-refractivity contribution in [2.24, 2.45) is 0 Å². The Kier molecular flexibility index (Phi) is 3.51. The fourth-order valence-corrected chi connectivity index (χ4v) is 2.08. The Hall–Kier alpha value is -2.70. The van der Waals surface area contributed by atoms with Gasteiger partial charge in [-0.15, -0.1) is 0 Å². The number of nitrogens with zero attached hydrogens (tertiary/aromatic N) is 3. The molecule has 0 atom stereocenters. The van der Waals surface area contributed by atoms with Crippen molar-refractivity contribution in [3.63, 3.8) is 0 Å². The standard InChI is InChI=1S/C13H13N3O4/c1-8-12(16(19)20)9(2)15(14-8)7-10-4-3-5-11(6-10)13(17)18/h3-6H,7H2,1-2H3,(H,17,18)/p-1. The van der Waals surface area contributed by atoms with Gasteiger partial charge in [0.1, 0.15) is 11.4 Å². The van der Waals surface area contributed by atoms with Crippen molar-refractivity contribution < 1.29 is 14.8 Å². The SMILES string of the molecule is Cc1nn(Cc2cccc(C(=O)[O-])c2)c(C)c1[N+](=O)[O-]. The van der Waals surface area contributed by atoms with E-state index >= 15 is 0 Å². The third-order valence-corrected chi connectivity index (χ3v) is 3.02. The number of aromatic nitrogens is 2. The molecule has 0 aliphatic rings. The van der Waals surface area contributed by atoms with Crippen molar-refractivity contribution >= 4 is 11.7 Å². The average molecular weight is 274 g/mol. The Morgan fingerprint density at radius 1 is 1.40 bits per heavy atom. The Bertz CT molecular complexity index is 691. The summed E-state index contributed by atoms with van der Waals surface area (Å²) in [5, 5.41) is 25.8. The summed E-state index contributed by atoms with van der Waals surface area (Å²) in [7, 11) is 0. The van der Waals surface area contributed by atoms with Crippen molar-refractivity contribution in [3.05, 3.63) is 56.9 Å². The molecule has 0 amide bonds. The van der Waals surface area contributed by atoms with Crippen molar-refractivity contribution in [2.75, 3.05) is 0 Å². The molecule has 104 valence electrons. The lowest BCUT2D eigenvalue weighted by molar-refractivity contribution is -0.386. The summed E-state index contributed by atoms with van der Waals surface area (Å²) in [4.78, 5) is 21.2. The number of hydrogen-bond acceptors (Lipinski definition) is 5. The zero-order valence-electron chi connectivity index (χ0n) is 11.0. The predicted octanol–water partition coefficient (Wildman–Crippen LogP) is 0.820. The molecule has 0 saturated carbocycles. The highest BCUT2D eigenvalue weighted by atomic mass is 16.6. The zero-order valence-corrected chi connectivity index (χ0v) is 11.0. The van der Waals surface area contributed by atoms with E-state index in [9.17, 15) is 20.0 Å². The highest BCUT2D eigenvalue weighted by Crippen LogP contribution is 2.22. The van der Waals surface area contributed by atoms with Gasteiger partial charge in [-0.2, -0.15) is 5.10 Å². The summed E-state index contributed by atoms with van der Waals surface area (Å²) in [6.07, 6.45) is 0. The zero-order chi connectivity index (χ0) is 14.9. The van der Waals surface area contributed by atoms with Crippen LogP contribution in [0.15, 0.2) is 24.3 Å². The van der Waals surface area contributed by atoms with Crippen molar-refractivity contribution in [1.29, 1.82) is 0 Å². The van der Waals surface area contributed by atoms with Crippen LogP contribution in [0.5, 0.6) is 0 Å². The second kappa shape index (κ2) is 5.12. The molecule has 7 heteroatoms. The molecule has 0 bridgehead atoms. The van der Waals surface area contributed by atoms with Crippen molar-refractivity contribution in [2.45, 2.75) is 20.4 Å². The van der Waals surface area contributed by atoms with Crippen LogP contribution in [0.3, 0.4) is 0 Å². The van der Waals surface area contributed by atoms with Gasteiger partial charge in [0.2, 0.25) is 0 Å². The van der Waals surface area contributed by atoms with Gasteiger partial charge in [-0.3, -0.25) is 14.8 Å². The molecule has 20 heavy (non-hydrogen) atoms. The summed E-state index contributed by atoms with van der Waals surface area (Å²) in [6.45, 7) is 3.45. The molecule has 0 aliphatic heterocycles. The van der Waals surface area contributed by atoms with Gasteiger partial charge in [0.05, 0.1) is 17.4 Å².